The van der Waals surface area contributed by atoms with Gasteiger partial charge >= 0.3 is 0 Å². The molecule has 1 aromatic carbocycles. The van der Waals surface area contributed by atoms with Crippen LogP contribution in [0.3, 0.4) is 0 Å². The number of nitrogens with one attached hydrogen (secondary N) is 1. The van der Waals surface area contributed by atoms with Gasteiger partial charge in [0.2, 0.25) is 5.78 Å². The van der Waals surface area contributed by atoms with Gasteiger partial charge in [0, 0.05) is 13.5 Å². The van der Waals surface area contributed by atoms with E-state index in [-0.39, 0.29) is 5.02 Å². The minimum Gasteiger partial charge on any atom is -0.349 e. The molecule has 0 fully saturated rings. The van der Waals surface area contributed by atoms with Gasteiger partial charge < -0.3 is 5.32 Å². The molecule has 0 heterocycles. The molecule has 1 amide bonds. The third-order valence-corrected chi connectivity index (χ3v) is 2.29. The highest BCUT2D eigenvalue weighted by Gasteiger charge is 2.06. The second-order valence-corrected chi connectivity index (χ2v) is 3.72. The van der Waals surface area contributed by atoms with Gasteiger partial charge in [0.1, 0.15) is 5.82 Å². The minimum atomic E-state index is -0.617. The molecular weight excluding hydrogens is 233 g/mol. The number of carbonyl (C=O) groups excluding carboxylic acids is 2. The molecule has 0 radical (unpaired) electrons. The van der Waals surface area contributed by atoms with Crippen molar-refractivity contribution in [2.24, 2.45) is 0 Å². The molecule has 0 bridgehead atoms. The van der Waals surface area contributed by atoms with Gasteiger partial charge in [-0.2, -0.15) is 0 Å². The number of rotatable bonds is 4. The van der Waals surface area contributed by atoms with E-state index < -0.39 is 17.5 Å². The van der Waals surface area contributed by atoms with Gasteiger partial charge in [-0.15, -0.1) is 0 Å². The number of Topliss-reactive ketones (excluding diaryl/α,β-unsaturated/α-hetero) is 1. The standard InChI is InChI=1S/C11H11ClFNO2/c1-7(15)11(16)14-5-4-8-2-3-10(13)9(12)6-8/h2-3,6H,4-5H2,1H3,(H,14,16). The average Bonchev–Trinajstić information content (AvgIpc) is 2.23. The maximum atomic E-state index is 12.8. The lowest BCUT2D eigenvalue weighted by Gasteiger charge is -2.04. The zero-order chi connectivity index (χ0) is 12.1. The zero-order valence-corrected chi connectivity index (χ0v) is 9.47. The maximum absolute atomic E-state index is 12.8. The van der Waals surface area contributed by atoms with E-state index in [1.807, 2.05) is 0 Å². The van der Waals surface area contributed by atoms with Gasteiger partial charge in [0.05, 0.1) is 5.02 Å². The molecule has 1 N–H and O–H groups in total. The van der Waals surface area contributed by atoms with Crippen molar-refractivity contribution in [3.05, 3.63) is 34.6 Å². The van der Waals surface area contributed by atoms with Crippen LogP contribution in [0.25, 0.3) is 0 Å². The lowest BCUT2D eigenvalue weighted by Crippen LogP contribution is -2.30. The number of hydrogen-bond donors (Lipinski definition) is 1. The molecule has 0 saturated carbocycles. The molecule has 0 aliphatic heterocycles. The lowest BCUT2D eigenvalue weighted by atomic mass is 10.1. The van der Waals surface area contributed by atoms with Crippen molar-refractivity contribution in [1.29, 1.82) is 0 Å². The van der Waals surface area contributed by atoms with E-state index in [9.17, 15) is 14.0 Å². The van der Waals surface area contributed by atoms with Crippen LogP contribution in [0.1, 0.15) is 12.5 Å². The maximum Gasteiger partial charge on any atom is 0.287 e. The largest absolute Gasteiger partial charge is 0.349 e. The molecule has 0 saturated heterocycles. The van der Waals surface area contributed by atoms with Crippen LogP contribution in [0, 0.1) is 5.82 Å². The molecule has 1 rings (SSSR count). The number of halogens is 2. The summed E-state index contributed by atoms with van der Waals surface area (Å²) < 4.78 is 12.8. The van der Waals surface area contributed by atoms with Crippen LogP contribution >= 0.6 is 11.6 Å². The fraction of sp³-hybridized carbons (Fsp3) is 0.273. The van der Waals surface area contributed by atoms with Crippen molar-refractivity contribution < 1.29 is 14.0 Å². The number of carbonyl (C=O) groups is 2. The van der Waals surface area contributed by atoms with Crippen molar-refractivity contribution in [2.75, 3.05) is 6.54 Å². The summed E-state index contributed by atoms with van der Waals surface area (Å²) in [7, 11) is 0. The highest BCUT2D eigenvalue weighted by atomic mass is 35.5. The fourth-order valence-electron chi connectivity index (χ4n) is 1.14. The molecule has 5 heteroatoms. The first-order valence-corrected chi connectivity index (χ1v) is 5.11. The normalized spacial score (nSPS) is 9.94. The van der Waals surface area contributed by atoms with Crippen LogP contribution in [-0.4, -0.2) is 18.2 Å². The Morgan fingerprint density at radius 1 is 1.44 bits per heavy atom. The van der Waals surface area contributed by atoms with Crippen LogP contribution in [0.2, 0.25) is 5.02 Å². The highest BCUT2D eigenvalue weighted by Crippen LogP contribution is 2.15. The minimum absolute atomic E-state index is 0.0513. The summed E-state index contributed by atoms with van der Waals surface area (Å²) in [6, 6.07) is 4.35. The van der Waals surface area contributed by atoms with E-state index in [1.54, 1.807) is 6.07 Å². The van der Waals surface area contributed by atoms with Gasteiger partial charge in [-0.1, -0.05) is 17.7 Å². The zero-order valence-electron chi connectivity index (χ0n) is 8.72. The second kappa shape index (κ2) is 5.61. The van der Waals surface area contributed by atoms with E-state index in [0.29, 0.717) is 13.0 Å². The number of amides is 1. The van der Waals surface area contributed by atoms with Crippen LogP contribution in [0.5, 0.6) is 0 Å². The summed E-state index contributed by atoms with van der Waals surface area (Å²) >= 11 is 5.59. The predicted octanol–water partition coefficient (Wildman–Crippen LogP) is 1.73. The topological polar surface area (TPSA) is 46.2 Å². The number of benzene rings is 1. The van der Waals surface area contributed by atoms with E-state index in [2.05, 4.69) is 5.32 Å². The van der Waals surface area contributed by atoms with Crippen molar-refractivity contribution in [2.45, 2.75) is 13.3 Å². The summed E-state index contributed by atoms with van der Waals surface area (Å²) in [5, 5.41) is 2.49. The first kappa shape index (κ1) is 12.6. The van der Waals surface area contributed by atoms with E-state index >= 15 is 0 Å². The molecule has 0 aliphatic rings. The molecule has 86 valence electrons. The fourth-order valence-corrected chi connectivity index (χ4v) is 1.34. The summed E-state index contributed by atoms with van der Waals surface area (Å²) in [5.41, 5.74) is 0.801. The lowest BCUT2D eigenvalue weighted by molar-refractivity contribution is -0.136. The Labute approximate surface area is 97.6 Å². The third kappa shape index (κ3) is 3.62. The average molecular weight is 244 g/mol. The van der Waals surface area contributed by atoms with Crippen molar-refractivity contribution in [3.8, 4) is 0 Å². The summed E-state index contributed by atoms with van der Waals surface area (Å²) in [6.07, 6.45) is 0.499. The second-order valence-electron chi connectivity index (χ2n) is 3.31. The van der Waals surface area contributed by atoms with Gasteiger partial charge in [-0.05, 0) is 24.1 Å². The summed E-state index contributed by atoms with van der Waals surface area (Å²) in [5.74, 6) is -1.62. The van der Waals surface area contributed by atoms with E-state index in [1.165, 1.54) is 19.1 Å². The molecule has 0 atom stereocenters. The predicted molar refractivity (Wildman–Crippen MR) is 58.8 cm³/mol. The Balaban J connectivity index is 2.46. The monoisotopic (exact) mass is 243 g/mol. The molecule has 0 aromatic heterocycles. The van der Waals surface area contributed by atoms with E-state index in [0.717, 1.165) is 5.56 Å². The Morgan fingerprint density at radius 3 is 2.69 bits per heavy atom. The van der Waals surface area contributed by atoms with Gasteiger partial charge in [-0.25, -0.2) is 4.39 Å². The van der Waals surface area contributed by atoms with Crippen LogP contribution in [0.15, 0.2) is 18.2 Å². The summed E-state index contributed by atoms with van der Waals surface area (Å²) in [6.45, 7) is 1.52. The SMILES string of the molecule is CC(=O)C(=O)NCCc1ccc(F)c(Cl)c1. The molecule has 16 heavy (non-hydrogen) atoms. The van der Waals surface area contributed by atoms with Crippen molar-refractivity contribution in [3.63, 3.8) is 0 Å². The molecule has 0 spiro atoms. The molecular formula is C11H11ClFNO2. The van der Waals surface area contributed by atoms with Gasteiger partial charge in [0.15, 0.2) is 0 Å². The highest BCUT2D eigenvalue weighted by molar-refractivity contribution is 6.35. The summed E-state index contributed by atoms with van der Waals surface area (Å²) in [4.78, 5) is 21.5. The van der Waals surface area contributed by atoms with Crippen LogP contribution in [0.4, 0.5) is 4.39 Å². The Hall–Kier alpha value is -1.42. The quantitative estimate of drug-likeness (QED) is 0.819. The van der Waals surface area contributed by atoms with Crippen molar-refractivity contribution in [1.82, 2.24) is 5.32 Å². The third-order valence-electron chi connectivity index (χ3n) is 2.00. The Morgan fingerprint density at radius 2 is 2.12 bits per heavy atom. The molecule has 1 aromatic rings. The Bertz CT molecular complexity index is 420. The van der Waals surface area contributed by atoms with Crippen LogP contribution in [-0.2, 0) is 16.0 Å². The molecule has 3 nitrogen and oxygen atoms in total. The number of ketones is 1. The first-order chi connectivity index (χ1) is 7.50. The van der Waals surface area contributed by atoms with Crippen molar-refractivity contribution >= 4 is 23.3 Å². The number of hydrogen-bond acceptors (Lipinski definition) is 2. The smallest absolute Gasteiger partial charge is 0.287 e. The van der Waals surface area contributed by atoms with E-state index in [4.69, 9.17) is 11.6 Å². The first-order valence-electron chi connectivity index (χ1n) is 4.73. The van der Waals surface area contributed by atoms with Gasteiger partial charge in [-0.3, -0.25) is 9.59 Å². The Kier molecular flexibility index (Phi) is 4.43. The molecule has 0 aliphatic carbocycles. The molecule has 0 unspecified atom stereocenters. The van der Waals surface area contributed by atoms with Gasteiger partial charge in [0.25, 0.3) is 5.91 Å². The van der Waals surface area contributed by atoms with Crippen LogP contribution < -0.4 is 5.32 Å².